The van der Waals surface area contributed by atoms with Crippen LogP contribution in [0.3, 0.4) is 0 Å². The summed E-state index contributed by atoms with van der Waals surface area (Å²) in [6.07, 6.45) is 5.05. The summed E-state index contributed by atoms with van der Waals surface area (Å²) in [6, 6.07) is 0. The lowest BCUT2D eigenvalue weighted by Gasteiger charge is -2.21. The molecule has 1 rings (SSSR count). The van der Waals surface area contributed by atoms with Crippen LogP contribution in [0.1, 0.15) is 20.8 Å². The molecule has 1 aromatic heterocycles. The Bertz CT molecular complexity index is 213. The molecule has 0 atom stereocenters. The van der Waals surface area contributed by atoms with Gasteiger partial charge in [-0.1, -0.05) is 0 Å². The maximum Gasteiger partial charge on any atom is 0.115 e. The normalized spacial score (nSPS) is 11.2. The summed E-state index contributed by atoms with van der Waals surface area (Å²) in [7, 11) is 0. The molecule has 1 N–H and O–H groups in total. The third-order valence-electron chi connectivity index (χ3n) is 1.08. The van der Waals surface area contributed by atoms with Crippen LogP contribution in [0.15, 0.2) is 18.7 Å². The fourth-order valence-corrected chi connectivity index (χ4v) is 0.797. The van der Waals surface area contributed by atoms with E-state index in [9.17, 15) is 0 Å². The number of aromatic nitrogens is 2. The molecule has 0 aromatic carbocycles. The Morgan fingerprint density at radius 3 is 2.18 bits per heavy atom. The predicted octanol–water partition coefficient (Wildman–Crippen LogP) is 1.69. The average Bonchev–Trinajstić information content (AvgIpc) is 1.85. The Balaban J connectivity index is 2.66. The molecule has 1 aromatic rings. The van der Waals surface area contributed by atoms with Gasteiger partial charge in [-0.05, 0) is 20.8 Å². The van der Waals surface area contributed by atoms with Crippen LogP contribution in [0.4, 0.5) is 5.69 Å². The van der Waals surface area contributed by atoms with Gasteiger partial charge >= 0.3 is 0 Å². The standard InChI is InChI=1S/C8H13N3/c1-8(2,3)11-7-4-9-6-10-5-7/h4-6,11H,1-3H3. The molecule has 1 heterocycles. The van der Waals surface area contributed by atoms with Crippen LogP contribution in [0, 0.1) is 0 Å². The molecule has 60 valence electrons. The highest BCUT2D eigenvalue weighted by atomic mass is 15.0. The summed E-state index contributed by atoms with van der Waals surface area (Å²) in [5, 5.41) is 3.26. The third-order valence-corrected chi connectivity index (χ3v) is 1.08. The summed E-state index contributed by atoms with van der Waals surface area (Å²) in [4.78, 5) is 7.79. The second kappa shape index (κ2) is 2.86. The summed E-state index contributed by atoms with van der Waals surface area (Å²) >= 11 is 0. The third kappa shape index (κ3) is 2.98. The first-order valence-electron chi connectivity index (χ1n) is 3.61. The van der Waals surface area contributed by atoms with Crippen molar-refractivity contribution < 1.29 is 0 Å². The van der Waals surface area contributed by atoms with Crippen LogP contribution >= 0.6 is 0 Å². The minimum atomic E-state index is 0.0741. The maximum atomic E-state index is 3.90. The van der Waals surface area contributed by atoms with Crippen molar-refractivity contribution in [3.8, 4) is 0 Å². The lowest BCUT2D eigenvalue weighted by Crippen LogP contribution is -2.26. The van der Waals surface area contributed by atoms with Crippen LogP contribution in [0.5, 0.6) is 0 Å². The number of hydrogen-bond donors (Lipinski definition) is 1. The van der Waals surface area contributed by atoms with Gasteiger partial charge in [-0.3, -0.25) is 0 Å². The zero-order valence-electron chi connectivity index (χ0n) is 7.13. The Labute approximate surface area is 66.9 Å². The van der Waals surface area contributed by atoms with E-state index in [1.165, 1.54) is 6.33 Å². The molecule has 0 bridgehead atoms. The molecule has 0 aliphatic heterocycles. The number of anilines is 1. The molecule has 0 saturated heterocycles. The topological polar surface area (TPSA) is 37.8 Å². The van der Waals surface area contributed by atoms with E-state index in [4.69, 9.17) is 0 Å². The summed E-state index contributed by atoms with van der Waals surface area (Å²) in [5.41, 5.74) is 1.03. The van der Waals surface area contributed by atoms with Crippen LogP contribution in [-0.2, 0) is 0 Å². The van der Waals surface area contributed by atoms with Crippen molar-refractivity contribution in [1.82, 2.24) is 9.97 Å². The first-order chi connectivity index (χ1) is 5.08. The molecular weight excluding hydrogens is 138 g/mol. The number of hydrogen-bond acceptors (Lipinski definition) is 3. The second-order valence-corrected chi connectivity index (χ2v) is 3.50. The van der Waals surface area contributed by atoms with E-state index in [2.05, 4.69) is 36.1 Å². The summed E-state index contributed by atoms with van der Waals surface area (Å²) in [6.45, 7) is 6.29. The molecule has 3 heteroatoms. The monoisotopic (exact) mass is 151 g/mol. The molecule has 0 unspecified atom stereocenters. The van der Waals surface area contributed by atoms with Crippen molar-refractivity contribution >= 4 is 5.69 Å². The Kier molecular flexibility index (Phi) is 2.08. The van der Waals surface area contributed by atoms with Gasteiger partial charge in [0.15, 0.2) is 0 Å². The van der Waals surface area contributed by atoms with E-state index in [-0.39, 0.29) is 5.54 Å². The van der Waals surface area contributed by atoms with E-state index < -0.39 is 0 Å². The highest BCUT2D eigenvalue weighted by Crippen LogP contribution is 2.10. The Hall–Kier alpha value is -1.12. The van der Waals surface area contributed by atoms with E-state index in [0.29, 0.717) is 0 Å². The SMILES string of the molecule is CC(C)(C)Nc1cncnc1. The van der Waals surface area contributed by atoms with Crippen LogP contribution < -0.4 is 5.32 Å². The minimum Gasteiger partial charge on any atom is -0.378 e. The van der Waals surface area contributed by atoms with Crippen molar-refractivity contribution in [1.29, 1.82) is 0 Å². The Morgan fingerprint density at radius 1 is 1.18 bits per heavy atom. The van der Waals surface area contributed by atoms with Crippen molar-refractivity contribution in [2.75, 3.05) is 5.32 Å². The van der Waals surface area contributed by atoms with Gasteiger partial charge in [0.2, 0.25) is 0 Å². The van der Waals surface area contributed by atoms with E-state index in [0.717, 1.165) is 5.69 Å². The second-order valence-electron chi connectivity index (χ2n) is 3.50. The van der Waals surface area contributed by atoms with Gasteiger partial charge in [0.1, 0.15) is 6.33 Å². The molecule has 0 saturated carbocycles. The van der Waals surface area contributed by atoms with Gasteiger partial charge in [-0.25, -0.2) is 9.97 Å². The lowest BCUT2D eigenvalue weighted by atomic mass is 10.1. The fraction of sp³-hybridized carbons (Fsp3) is 0.500. The van der Waals surface area contributed by atoms with Crippen LogP contribution in [0.25, 0.3) is 0 Å². The van der Waals surface area contributed by atoms with Gasteiger partial charge in [0.25, 0.3) is 0 Å². The summed E-state index contributed by atoms with van der Waals surface area (Å²) < 4.78 is 0. The zero-order valence-corrected chi connectivity index (χ0v) is 7.13. The van der Waals surface area contributed by atoms with Crippen molar-refractivity contribution in [2.24, 2.45) is 0 Å². The minimum absolute atomic E-state index is 0.0741. The van der Waals surface area contributed by atoms with Crippen molar-refractivity contribution in [3.05, 3.63) is 18.7 Å². The predicted molar refractivity (Wildman–Crippen MR) is 45.4 cm³/mol. The van der Waals surface area contributed by atoms with Crippen molar-refractivity contribution in [3.63, 3.8) is 0 Å². The fourth-order valence-electron chi connectivity index (χ4n) is 0.797. The summed E-state index contributed by atoms with van der Waals surface area (Å²) in [5.74, 6) is 0. The smallest absolute Gasteiger partial charge is 0.115 e. The van der Waals surface area contributed by atoms with Crippen LogP contribution in [0.2, 0.25) is 0 Å². The largest absolute Gasteiger partial charge is 0.378 e. The maximum absolute atomic E-state index is 3.90. The van der Waals surface area contributed by atoms with Crippen LogP contribution in [-0.4, -0.2) is 15.5 Å². The Morgan fingerprint density at radius 2 is 1.73 bits per heavy atom. The average molecular weight is 151 g/mol. The van der Waals surface area contributed by atoms with E-state index in [1.54, 1.807) is 12.4 Å². The highest BCUT2D eigenvalue weighted by molar-refractivity contribution is 5.39. The van der Waals surface area contributed by atoms with Gasteiger partial charge in [-0.2, -0.15) is 0 Å². The molecule has 0 aliphatic rings. The molecule has 11 heavy (non-hydrogen) atoms. The van der Waals surface area contributed by atoms with Gasteiger partial charge in [-0.15, -0.1) is 0 Å². The zero-order chi connectivity index (χ0) is 8.32. The number of rotatable bonds is 1. The van der Waals surface area contributed by atoms with Gasteiger partial charge < -0.3 is 5.32 Å². The lowest BCUT2D eigenvalue weighted by molar-refractivity contribution is 0.633. The first-order valence-corrected chi connectivity index (χ1v) is 3.61. The molecular formula is C8H13N3. The molecule has 0 radical (unpaired) electrons. The van der Waals surface area contributed by atoms with Crippen molar-refractivity contribution in [2.45, 2.75) is 26.3 Å². The van der Waals surface area contributed by atoms with E-state index in [1.807, 2.05) is 0 Å². The van der Waals surface area contributed by atoms with Gasteiger partial charge in [0.05, 0.1) is 18.1 Å². The molecule has 0 fully saturated rings. The number of nitrogens with zero attached hydrogens (tertiary/aromatic N) is 2. The quantitative estimate of drug-likeness (QED) is 0.663. The highest BCUT2D eigenvalue weighted by Gasteiger charge is 2.08. The molecule has 0 amide bonds. The number of nitrogens with one attached hydrogen (secondary N) is 1. The molecule has 3 nitrogen and oxygen atoms in total. The first kappa shape index (κ1) is 7.98. The van der Waals surface area contributed by atoms with Gasteiger partial charge in [0, 0.05) is 5.54 Å². The molecule has 0 spiro atoms. The van der Waals surface area contributed by atoms with E-state index >= 15 is 0 Å². The molecule has 0 aliphatic carbocycles.